The average molecular weight is 348 g/mol. The highest BCUT2D eigenvalue weighted by Crippen LogP contribution is 2.39. The van der Waals surface area contributed by atoms with Crippen molar-refractivity contribution in [2.75, 3.05) is 0 Å². The molecule has 0 saturated heterocycles. The molecule has 0 aliphatic heterocycles. The van der Waals surface area contributed by atoms with Gasteiger partial charge >= 0.3 is 12.4 Å². The predicted molar refractivity (Wildman–Crippen MR) is 73.6 cm³/mol. The number of phenolic OH excluding ortho intramolecular Hbond substituents is 1. The van der Waals surface area contributed by atoms with Crippen LogP contribution in [0.2, 0.25) is 0 Å². The number of alkyl halides is 6. The van der Waals surface area contributed by atoms with Crippen molar-refractivity contribution >= 4 is 5.78 Å². The van der Waals surface area contributed by atoms with E-state index in [1.165, 1.54) is 0 Å². The molecule has 0 amide bonds. The van der Waals surface area contributed by atoms with Gasteiger partial charge in [-0.05, 0) is 48.4 Å². The highest BCUT2D eigenvalue weighted by atomic mass is 19.4. The van der Waals surface area contributed by atoms with E-state index >= 15 is 0 Å². The van der Waals surface area contributed by atoms with E-state index < -0.39 is 35.0 Å². The van der Waals surface area contributed by atoms with Crippen molar-refractivity contribution in [3.63, 3.8) is 0 Å². The normalized spacial score (nSPS) is 12.3. The van der Waals surface area contributed by atoms with Crippen molar-refractivity contribution < 1.29 is 36.2 Å². The number of aromatic hydroxyl groups is 1. The van der Waals surface area contributed by atoms with E-state index in [1.54, 1.807) is 0 Å². The Labute approximate surface area is 132 Å². The van der Waals surface area contributed by atoms with Gasteiger partial charge in [0.15, 0.2) is 5.78 Å². The summed E-state index contributed by atoms with van der Waals surface area (Å²) in [4.78, 5) is 11.4. The number of carbonyl (C=O) groups is 1. The lowest BCUT2D eigenvalue weighted by Crippen LogP contribution is -2.11. The molecule has 0 aromatic heterocycles. The molecule has 24 heavy (non-hydrogen) atoms. The number of carbonyl (C=O) groups excluding carboxylic acids is 1. The van der Waals surface area contributed by atoms with Gasteiger partial charge in [-0.15, -0.1) is 0 Å². The summed E-state index contributed by atoms with van der Waals surface area (Å²) in [6, 6.07) is 4.37. The third kappa shape index (κ3) is 3.69. The summed E-state index contributed by atoms with van der Waals surface area (Å²) in [5.41, 5.74) is -3.51. The Hall–Kier alpha value is -2.51. The van der Waals surface area contributed by atoms with E-state index in [4.69, 9.17) is 0 Å². The van der Waals surface area contributed by atoms with E-state index in [2.05, 4.69) is 0 Å². The van der Waals surface area contributed by atoms with E-state index in [1.807, 2.05) is 0 Å². The number of rotatable bonds is 2. The molecule has 1 N–H and O–H groups in total. The molecular weight excluding hydrogens is 338 g/mol. The molecule has 0 radical (unpaired) electrons. The van der Waals surface area contributed by atoms with Crippen LogP contribution >= 0.6 is 0 Å². The van der Waals surface area contributed by atoms with Crippen molar-refractivity contribution in [2.45, 2.75) is 19.3 Å². The Morgan fingerprint density at radius 2 is 1.33 bits per heavy atom. The lowest BCUT2D eigenvalue weighted by Gasteiger charge is -2.15. The first-order valence-corrected chi connectivity index (χ1v) is 6.53. The minimum atomic E-state index is -4.96. The number of halogens is 6. The van der Waals surface area contributed by atoms with Gasteiger partial charge in [-0.3, -0.25) is 4.79 Å². The minimum Gasteiger partial charge on any atom is -0.507 e. The summed E-state index contributed by atoms with van der Waals surface area (Å²) in [5.74, 6) is -0.980. The maximum atomic E-state index is 12.9. The number of hydrogen-bond acceptors (Lipinski definition) is 2. The molecule has 2 rings (SSSR count). The van der Waals surface area contributed by atoms with E-state index in [-0.39, 0.29) is 22.8 Å². The predicted octanol–water partition coefficient (Wildman–Crippen LogP) is 5.30. The fourth-order valence-corrected chi connectivity index (χ4v) is 2.12. The number of hydrogen-bond donors (Lipinski definition) is 1. The standard InChI is InChI=1S/C16H10F6O2/c1-8(23)13-6-9(2-3-14(13)24)10-4-11(15(17,18)19)7-12(5-10)16(20,21)22/h2-7,24H,1H3. The number of phenols is 1. The molecule has 0 aliphatic carbocycles. The first kappa shape index (κ1) is 17.8. The number of ketones is 1. The summed E-state index contributed by atoms with van der Waals surface area (Å²) in [6.45, 7) is 1.12. The Kier molecular flexibility index (Phi) is 4.34. The fourth-order valence-electron chi connectivity index (χ4n) is 2.12. The van der Waals surface area contributed by atoms with Crippen molar-refractivity contribution in [2.24, 2.45) is 0 Å². The molecule has 0 fully saturated rings. The van der Waals surface area contributed by atoms with Crippen LogP contribution in [0.15, 0.2) is 36.4 Å². The largest absolute Gasteiger partial charge is 0.507 e. The van der Waals surface area contributed by atoms with Gasteiger partial charge < -0.3 is 5.11 Å². The maximum absolute atomic E-state index is 12.9. The molecule has 0 saturated carbocycles. The molecule has 0 spiro atoms. The van der Waals surface area contributed by atoms with Crippen molar-refractivity contribution in [3.8, 4) is 16.9 Å². The summed E-state index contributed by atoms with van der Waals surface area (Å²) < 4.78 is 77.2. The second kappa shape index (κ2) is 5.85. The van der Waals surface area contributed by atoms with Crippen LogP contribution in [0.5, 0.6) is 5.75 Å². The highest BCUT2D eigenvalue weighted by Gasteiger charge is 2.37. The Balaban J connectivity index is 2.70. The molecular formula is C16H10F6O2. The summed E-state index contributed by atoms with van der Waals surface area (Å²) in [6.07, 6.45) is -9.92. The number of Topliss-reactive ketones (excluding diaryl/α,β-unsaturated/α-hetero) is 1. The van der Waals surface area contributed by atoms with E-state index in [9.17, 15) is 36.2 Å². The van der Waals surface area contributed by atoms with Crippen LogP contribution in [0, 0.1) is 0 Å². The highest BCUT2D eigenvalue weighted by molar-refractivity contribution is 5.98. The van der Waals surface area contributed by atoms with Gasteiger partial charge in [-0.1, -0.05) is 6.07 Å². The Morgan fingerprint density at radius 1 is 0.833 bits per heavy atom. The zero-order valence-electron chi connectivity index (χ0n) is 12.1. The van der Waals surface area contributed by atoms with Gasteiger partial charge in [0.1, 0.15) is 5.75 Å². The molecule has 0 unspecified atom stereocenters. The molecule has 2 nitrogen and oxygen atoms in total. The van der Waals surface area contributed by atoms with Gasteiger partial charge in [-0.2, -0.15) is 26.3 Å². The lowest BCUT2D eigenvalue weighted by atomic mass is 9.96. The Morgan fingerprint density at radius 3 is 1.75 bits per heavy atom. The lowest BCUT2D eigenvalue weighted by molar-refractivity contribution is -0.143. The van der Waals surface area contributed by atoms with Gasteiger partial charge in [0, 0.05) is 0 Å². The van der Waals surface area contributed by atoms with Crippen LogP contribution < -0.4 is 0 Å². The van der Waals surface area contributed by atoms with Crippen molar-refractivity contribution in [1.82, 2.24) is 0 Å². The van der Waals surface area contributed by atoms with E-state index in [0.717, 1.165) is 25.1 Å². The van der Waals surface area contributed by atoms with Crippen LogP contribution in [0.25, 0.3) is 11.1 Å². The van der Waals surface area contributed by atoms with Crippen LogP contribution in [0.3, 0.4) is 0 Å². The van der Waals surface area contributed by atoms with Crippen molar-refractivity contribution in [3.05, 3.63) is 53.1 Å². The quantitative estimate of drug-likeness (QED) is 0.591. The maximum Gasteiger partial charge on any atom is 0.416 e. The number of benzene rings is 2. The third-order valence-electron chi connectivity index (χ3n) is 3.30. The third-order valence-corrected chi connectivity index (χ3v) is 3.30. The summed E-state index contributed by atoms with van der Waals surface area (Å²) >= 11 is 0. The van der Waals surface area contributed by atoms with E-state index in [0.29, 0.717) is 12.1 Å². The van der Waals surface area contributed by atoms with Gasteiger partial charge in [0.25, 0.3) is 0 Å². The van der Waals surface area contributed by atoms with Crippen LogP contribution in [-0.4, -0.2) is 10.9 Å². The second-order valence-corrected chi connectivity index (χ2v) is 5.08. The average Bonchev–Trinajstić information content (AvgIpc) is 2.45. The van der Waals surface area contributed by atoms with Crippen LogP contribution in [0.1, 0.15) is 28.4 Å². The first-order valence-electron chi connectivity index (χ1n) is 6.53. The zero-order chi connectivity index (χ0) is 18.3. The second-order valence-electron chi connectivity index (χ2n) is 5.08. The molecule has 8 heteroatoms. The minimum absolute atomic E-state index is 0.0236. The van der Waals surface area contributed by atoms with Crippen molar-refractivity contribution in [1.29, 1.82) is 0 Å². The topological polar surface area (TPSA) is 37.3 Å². The molecule has 0 aliphatic rings. The monoisotopic (exact) mass is 348 g/mol. The van der Waals surface area contributed by atoms with Crippen LogP contribution in [0.4, 0.5) is 26.3 Å². The van der Waals surface area contributed by atoms with Crippen LogP contribution in [-0.2, 0) is 12.4 Å². The Bertz CT molecular complexity index is 758. The molecule has 0 bridgehead atoms. The summed E-state index contributed by atoms with van der Waals surface area (Å²) in [7, 11) is 0. The van der Waals surface area contributed by atoms with Gasteiger partial charge in [0.2, 0.25) is 0 Å². The molecule has 0 atom stereocenters. The molecule has 0 heterocycles. The van der Waals surface area contributed by atoms with Gasteiger partial charge in [0.05, 0.1) is 16.7 Å². The SMILES string of the molecule is CC(=O)c1cc(-c2cc(C(F)(F)F)cc(C(F)(F)F)c2)ccc1O. The smallest absolute Gasteiger partial charge is 0.416 e. The summed E-state index contributed by atoms with van der Waals surface area (Å²) in [5, 5.41) is 9.54. The fraction of sp³-hybridized carbons (Fsp3) is 0.188. The zero-order valence-corrected chi connectivity index (χ0v) is 12.1. The van der Waals surface area contributed by atoms with Gasteiger partial charge in [-0.25, -0.2) is 0 Å². The molecule has 2 aromatic rings. The molecule has 128 valence electrons. The molecule has 2 aromatic carbocycles. The first-order chi connectivity index (χ1) is 10.9.